The maximum absolute atomic E-state index is 5.85. The molecule has 102 valence electrons. The highest BCUT2D eigenvalue weighted by molar-refractivity contribution is 5.27. The van der Waals surface area contributed by atoms with Crippen LogP contribution in [0.4, 0.5) is 5.95 Å². The Labute approximate surface area is 114 Å². The SMILES string of the molecule is NCc1cc(C2C3CC4CC(C3)CC2C4)nc(N)n1. The average molecular weight is 258 g/mol. The Morgan fingerprint density at radius 3 is 2.21 bits per heavy atom. The molecular weight excluding hydrogens is 236 g/mol. The average Bonchev–Trinajstić information content (AvgIpc) is 2.36. The van der Waals surface area contributed by atoms with Crippen LogP contribution in [0.5, 0.6) is 0 Å². The number of nitrogens with two attached hydrogens (primary N) is 2. The van der Waals surface area contributed by atoms with Crippen molar-refractivity contribution in [1.29, 1.82) is 0 Å². The van der Waals surface area contributed by atoms with Crippen molar-refractivity contribution in [2.75, 3.05) is 5.73 Å². The number of anilines is 1. The second-order valence-corrected chi connectivity index (χ2v) is 6.80. The van der Waals surface area contributed by atoms with Crippen LogP contribution in [-0.2, 0) is 6.54 Å². The van der Waals surface area contributed by atoms with Gasteiger partial charge in [-0.25, -0.2) is 9.97 Å². The van der Waals surface area contributed by atoms with E-state index >= 15 is 0 Å². The van der Waals surface area contributed by atoms with E-state index in [1.165, 1.54) is 37.8 Å². The molecule has 1 aromatic heterocycles. The molecule has 0 unspecified atom stereocenters. The summed E-state index contributed by atoms with van der Waals surface area (Å²) in [6.45, 7) is 0.451. The highest BCUT2D eigenvalue weighted by atomic mass is 15.0. The van der Waals surface area contributed by atoms with Crippen molar-refractivity contribution in [1.82, 2.24) is 9.97 Å². The van der Waals surface area contributed by atoms with Crippen molar-refractivity contribution in [2.24, 2.45) is 29.4 Å². The third-order valence-electron chi connectivity index (χ3n) is 5.59. The normalized spacial score (nSPS) is 39.7. The van der Waals surface area contributed by atoms with E-state index in [9.17, 15) is 0 Å². The highest BCUT2D eigenvalue weighted by Gasteiger charge is 2.49. The first kappa shape index (κ1) is 11.6. The van der Waals surface area contributed by atoms with Gasteiger partial charge in [-0.3, -0.25) is 0 Å². The van der Waals surface area contributed by atoms with Crippen LogP contribution in [0.3, 0.4) is 0 Å². The number of nitrogen functional groups attached to an aromatic ring is 1. The second kappa shape index (κ2) is 4.17. The van der Waals surface area contributed by atoms with E-state index in [-0.39, 0.29) is 0 Å². The lowest BCUT2D eigenvalue weighted by atomic mass is 9.51. The standard InChI is InChI=1S/C15H22N4/c16-7-12-6-13(19-15(17)18-12)14-10-2-8-1-9(4-10)5-11(14)3-8/h6,8-11,14H,1-5,7,16H2,(H2,17,18,19). The Kier molecular flexibility index (Phi) is 2.56. The summed E-state index contributed by atoms with van der Waals surface area (Å²) in [5, 5.41) is 0. The Morgan fingerprint density at radius 1 is 1.00 bits per heavy atom. The molecule has 4 nitrogen and oxygen atoms in total. The molecule has 4 heteroatoms. The smallest absolute Gasteiger partial charge is 0.220 e. The van der Waals surface area contributed by atoms with E-state index in [1.54, 1.807) is 0 Å². The van der Waals surface area contributed by atoms with E-state index in [0.717, 1.165) is 29.4 Å². The summed E-state index contributed by atoms with van der Waals surface area (Å²) < 4.78 is 0. The fourth-order valence-electron chi connectivity index (χ4n) is 5.22. The Balaban J connectivity index is 1.70. The second-order valence-electron chi connectivity index (χ2n) is 6.80. The molecule has 4 N–H and O–H groups in total. The molecule has 4 aliphatic rings. The third kappa shape index (κ3) is 1.84. The summed E-state index contributed by atoms with van der Waals surface area (Å²) in [7, 11) is 0. The number of hydrogen-bond acceptors (Lipinski definition) is 4. The van der Waals surface area contributed by atoms with Crippen molar-refractivity contribution >= 4 is 5.95 Å². The van der Waals surface area contributed by atoms with Gasteiger partial charge >= 0.3 is 0 Å². The lowest BCUT2D eigenvalue weighted by Gasteiger charge is -2.54. The zero-order valence-electron chi connectivity index (χ0n) is 11.3. The van der Waals surface area contributed by atoms with E-state index < -0.39 is 0 Å². The first-order chi connectivity index (χ1) is 9.22. The molecule has 4 saturated carbocycles. The van der Waals surface area contributed by atoms with E-state index in [2.05, 4.69) is 16.0 Å². The molecular formula is C15H22N4. The van der Waals surface area contributed by atoms with Gasteiger partial charge in [0.2, 0.25) is 5.95 Å². The van der Waals surface area contributed by atoms with Crippen molar-refractivity contribution in [2.45, 2.75) is 44.6 Å². The molecule has 19 heavy (non-hydrogen) atoms. The summed E-state index contributed by atoms with van der Waals surface area (Å²) in [5.74, 6) is 4.65. The van der Waals surface area contributed by atoms with Crippen molar-refractivity contribution in [3.8, 4) is 0 Å². The van der Waals surface area contributed by atoms with Crippen LogP contribution in [0.15, 0.2) is 6.07 Å². The van der Waals surface area contributed by atoms with Gasteiger partial charge in [0.25, 0.3) is 0 Å². The van der Waals surface area contributed by atoms with E-state index in [4.69, 9.17) is 11.5 Å². The van der Waals surface area contributed by atoms with E-state index in [1.807, 2.05) is 0 Å². The number of rotatable bonds is 2. The topological polar surface area (TPSA) is 77.8 Å². The van der Waals surface area contributed by atoms with Gasteiger partial charge < -0.3 is 11.5 Å². The van der Waals surface area contributed by atoms with Crippen LogP contribution in [-0.4, -0.2) is 9.97 Å². The molecule has 4 fully saturated rings. The van der Waals surface area contributed by atoms with Crippen LogP contribution in [0, 0.1) is 23.7 Å². The summed E-state index contributed by atoms with van der Waals surface area (Å²) in [4.78, 5) is 8.75. The lowest BCUT2D eigenvalue weighted by Crippen LogP contribution is -2.44. The molecule has 0 aromatic carbocycles. The van der Waals surface area contributed by atoms with Gasteiger partial charge in [-0.2, -0.15) is 0 Å². The minimum absolute atomic E-state index is 0.395. The van der Waals surface area contributed by atoms with Gasteiger partial charge in [0.05, 0.1) is 5.69 Å². The number of nitrogens with zero attached hydrogens (tertiary/aromatic N) is 2. The maximum atomic E-state index is 5.85. The summed E-state index contributed by atoms with van der Waals surface area (Å²) in [6, 6.07) is 2.10. The van der Waals surface area contributed by atoms with Crippen LogP contribution < -0.4 is 11.5 Å². The van der Waals surface area contributed by atoms with Gasteiger partial charge in [-0.05, 0) is 61.8 Å². The molecule has 0 amide bonds. The molecule has 0 radical (unpaired) electrons. The van der Waals surface area contributed by atoms with Crippen LogP contribution in [0.2, 0.25) is 0 Å². The molecule has 0 atom stereocenters. The first-order valence-electron chi connectivity index (χ1n) is 7.56. The van der Waals surface area contributed by atoms with Gasteiger partial charge in [0.1, 0.15) is 0 Å². The zero-order chi connectivity index (χ0) is 13.0. The molecule has 4 bridgehead atoms. The quantitative estimate of drug-likeness (QED) is 0.851. The van der Waals surface area contributed by atoms with Crippen LogP contribution >= 0.6 is 0 Å². The summed E-state index contributed by atoms with van der Waals surface area (Å²) >= 11 is 0. The predicted octanol–water partition coefficient (Wildman–Crippen LogP) is 2.06. The van der Waals surface area contributed by atoms with Gasteiger partial charge in [-0.15, -0.1) is 0 Å². The van der Waals surface area contributed by atoms with Crippen molar-refractivity contribution in [3.63, 3.8) is 0 Å². The molecule has 0 spiro atoms. The van der Waals surface area contributed by atoms with Crippen LogP contribution in [0.1, 0.15) is 49.4 Å². The van der Waals surface area contributed by atoms with Crippen molar-refractivity contribution in [3.05, 3.63) is 17.5 Å². The maximum Gasteiger partial charge on any atom is 0.220 e. The number of aromatic nitrogens is 2. The highest BCUT2D eigenvalue weighted by Crippen LogP contribution is 2.59. The zero-order valence-corrected chi connectivity index (χ0v) is 11.3. The van der Waals surface area contributed by atoms with E-state index in [0.29, 0.717) is 18.4 Å². The van der Waals surface area contributed by atoms with Crippen LogP contribution in [0.25, 0.3) is 0 Å². The van der Waals surface area contributed by atoms with Gasteiger partial charge in [0.15, 0.2) is 0 Å². The summed E-state index contributed by atoms with van der Waals surface area (Å²) in [6.07, 6.45) is 7.10. The Bertz CT molecular complexity index is 471. The molecule has 1 heterocycles. The molecule has 1 aromatic rings. The molecule has 0 saturated heterocycles. The van der Waals surface area contributed by atoms with Gasteiger partial charge in [0, 0.05) is 18.2 Å². The summed E-state index contributed by atoms with van der Waals surface area (Å²) in [5.41, 5.74) is 13.6. The minimum atomic E-state index is 0.395. The minimum Gasteiger partial charge on any atom is -0.368 e. The Hall–Kier alpha value is -1.16. The molecule has 5 rings (SSSR count). The largest absolute Gasteiger partial charge is 0.368 e. The van der Waals surface area contributed by atoms with Crippen molar-refractivity contribution < 1.29 is 0 Å². The lowest BCUT2D eigenvalue weighted by molar-refractivity contribution is -0.00416. The predicted molar refractivity (Wildman–Crippen MR) is 74.1 cm³/mol. The van der Waals surface area contributed by atoms with Gasteiger partial charge in [-0.1, -0.05) is 0 Å². The fourth-order valence-corrected chi connectivity index (χ4v) is 5.22. The first-order valence-corrected chi connectivity index (χ1v) is 7.56. The third-order valence-corrected chi connectivity index (χ3v) is 5.59. The number of hydrogen-bond donors (Lipinski definition) is 2. The Morgan fingerprint density at radius 2 is 1.63 bits per heavy atom. The fraction of sp³-hybridized carbons (Fsp3) is 0.733. The molecule has 4 aliphatic carbocycles. The molecule has 0 aliphatic heterocycles. The monoisotopic (exact) mass is 258 g/mol.